The van der Waals surface area contributed by atoms with Crippen LogP contribution in [0.1, 0.15) is 25.8 Å². The Balaban J connectivity index is 0.000000433. The zero-order valence-corrected chi connectivity index (χ0v) is 23.5. The van der Waals surface area contributed by atoms with Gasteiger partial charge < -0.3 is 35.0 Å². The molecule has 1 aliphatic heterocycles. The van der Waals surface area contributed by atoms with E-state index in [4.69, 9.17) is 25.2 Å². The third kappa shape index (κ3) is 17.7. The molecule has 1 aliphatic rings. The Morgan fingerprint density at radius 2 is 1.54 bits per heavy atom. The first-order chi connectivity index (χ1) is 19.4. The molecule has 1 aromatic heterocycles. The fourth-order valence-corrected chi connectivity index (χ4v) is 3.77. The van der Waals surface area contributed by atoms with Crippen molar-refractivity contribution in [3.63, 3.8) is 0 Å². The molecule has 0 radical (unpaired) electrons. The fraction of sp³-hybridized carbons (Fsp3) is 0.333. The summed E-state index contributed by atoms with van der Waals surface area (Å²) < 4.78 is 8.06. The van der Waals surface area contributed by atoms with Gasteiger partial charge >= 0.3 is 23.9 Å². The summed E-state index contributed by atoms with van der Waals surface area (Å²) in [6.45, 7) is 7.83. The number of aliphatic imine (C=N–C) groups is 1. The van der Waals surface area contributed by atoms with Crippen LogP contribution in [-0.2, 0) is 25.7 Å². The average molecular weight is 591 g/mol. The van der Waals surface area contributed by atoms with Crippen molar-refractivity contribution >= 4 is 40.7 Å². The number of aromatic nitrogens is 2. The maximum absolute atomic E-state index is 9.55. The molecule has 222 valence electrons. The van der Waals surface area contributed by atoms with Crippen molar-refractivity contribution in [1.29, 1.82) is 0 Å². The van der Waals surface area contributed by atoms with Crippen LogP contribution in [-0.4, -0.2) is 89.9 Å². The number of thioether (sulfide) groups is 1. The number of hydrogen-bond acceptors (Lipinski definition) is 9. The number of nitrogens with zero attached hydrogens (tertiary/aromatic N) is 3. The minimum atomic E-state index is -1.26. The number of ether oxygens (including phenoxy) is 1. The molecular formula is C27H34N4O9S. The van der Waals surface area contributed by atoms with Crippen LogP contribution >= 0.6 is 11.8 Å². The van der Waals surface area contributed by atoms with Gasteiger partial charge in [-0.05, 0) is 51.1 Å². The number of carboxylic acids is 4. The van der Waals surface area contributed by atoms with Crippen LogP contribution in [0.5, 0.6) is 5.75 Å². The number of imidazole rings is 1. The number of aryl methyl sites for hydroxylation is 1. The van der Waals surface area contributed by atoms with Gasteiger partial charge in [-0.3, -0.25) is 4.99 Å². The molecule has 13 nitrogen and oxygen atoms in total. The van der Waals surface area contributed by atoms with E-state index >= 15 is 0 Å². The van der Waals surface area contributed by atoms with Gasteiger partial charge in [0.15, 0.2) is 0 Å². The van der Waals surface area contributed by atoms with Crippen LogP contribution < -0.4 is 10.1 Å². The predicted octanol–water partition coefficient (Wildman–Crippen LogP) is 2.64. The molecule has 0 aliphatic carbocycles. The van der Waals surface area contributed by atoms with Gasteiger partial charge in [0.05, 0.1) is 11.4 Å². The van der Waals surface area contributed by atoms with E-state index < -0.39 is 23.9 Å². The minimum absolute atomic E-state index is 0.0704. The van der Waals surface area contributed by atoms with Crippen molar-refractivity contribution in [3.05, 3.63) is 72.9 Å². The Bertz CT molecular complexity index is 1140. The van der Waals surface area contributed by atoms with Crippen LogP contribution in [0.15, 0.2) is 72.3 Å². The molecular weight excluding hydrogens is 556 g/mol. The number of benzene rings is 1. The van der Waals surface area contributed by atoms with E-state index in [2.05, 4.69) is 45.8 Å². The lowest BCUT2D eigenvalue weighted by Gasteiger charge is -2.26. The quantitative estimate of drug-likeness (QED) is 0.169. The fourth-order valence-electron chi connectivity index (χ4n) is 2.91. The largest absolute Gasteiger partial charge is 0.492 e. The van der Waals surface area contributed by atoms with Crippen LogP contribution in [0.3, 0.4) is 0 Å². The SMILES string of the molecule is CC(C)(COc1ccc(C2=NCCS2)cc1)NCCCn1ccnc1.O=C(O)/C=C\C(=O)O.O=C(O)/C=C\C(=O)O. The van der Waals surface area contributed by atoms with E-state index in [0.29, 0.717) is 30.9 Å². The highest BCUT2D eigenvalue weighted by molar-refractivity contribution is 8.14. The summed E-state index contributed by atoms with van der Waals surface area (Å²) in [4.78, 5) is 46.8. The lowest BCUT2D eigenvalue weighted by Crippen LogP contribution is -2.45. The first-order valence-electron chi connectivity index (χ1n) is 12.3. The molecule has 0 fully saturated rings. The number of nitrogens with one attached hydrogen (secondary N) is 1. The molecule has 1 aromatic carbocycles. The molecule has 2 heterocycles. The van der Waals surface area contributed by atoms with Gasteiger partial charge in [0.2, 0.25) is 0 Å². The van der Waals surface area contributed by atoms with Gasteiger partial charge in [0.25, 0.3) is 0 Å². The highest BCUT2D eigenvalue weighted by Gasteiger charge is 2.18. The zero-order chi connectivity index (χ0) is 30.7. The summed E-state index contributed by atoms with van der Waals surface area (Å²) in [5.41, 5.74) is 1.12. The highest BCUT2D eigenvalue weighted by atomic mass is 32.2. The van der Waals surface area contributed by atoms with Crippen LogP contribution in [0, 0.1) is 0 Å². The molecule has 0 atom stereocenters. The van der Waals surface area contributed by atoms with Gasteiger partial charge in [0.1, 0.15) is 12.4 Å². The zero-order valence-electron chi connectivity index (χ0n) is 22.7. The summed E-state index contributed by atoms with van der Waals surface area (Å²) >= 11 is 1.82. The molecule has 0 saturated heterocycles. The third-order valence-electron chi connectivity index (χ3n) is 4.78. The molecule has 0 bridgehead atoms. The van der Waals surface area contributed by atoms with E-state index in [0.717, 1.165) is 42.6 Å². The summed E-state index contributed by atoms with van der Waals surface area (Å²) in [7, 11) is 0. The predicted molar refractivity (Wildman–Crippen MR) is 154 cm³/mol. The molecule has 14 heteroatoms. The van der Waals surface area contributed by atoms with Crippen LogP contribution in [0.4, 0.5) is 0 Å². The monoisotopic (exact) mass is 590 g/mol. The maximum atomic E-state index is 9.55. The normalized spacial score (nSPS) is 12.6. The molecule has 0 amide bonds. The molecule has 2 aromatic rings. The van der Waals surface area contributed by atoms with E-state index in [9.17, 15) is 19.2 Å². The second-order valence-electron chi connectivity index (χ2n) is 8.83. The molecule has 0 spiro atoms. The lowest BCUT2D eigenvalue weighted by molar-refractivity contribution is -0.134. The smallest absolute Gasteiger partial charge is 0.328 e. The number of hydrogen-bond donors (Lipinski definition) is 5. The number of rotatable bonds is 13. The Morgan fingerprint density at radius 1 is 0.976 bits per heavy atom. The maximum Gasteiger partial charge on any atom is 0.328 e. The Labute approximate surface area is 241 Å². The summed E-state index contributed by atoms with van der Waals surface area (Å²) in [5.74, 6) is -3.03. The standard InChI is InChI=1S/C19H26N4OS.2C4H4O4/c1-19(2,22-8-3-11-23-12-9-20-15-23)14-24-17-6-4-16(5-7-17)18-21-10-13-25-18;2*5-3(6)1-2-4(7)8/h4-7,9,12,15,22H,3,8,10-11,13-14H2,1-2H3;2*1-2H,(H,5,6)(H,7,8)/b;2*2-1-. The van der Waals surface area contributed by atoms with E-state index in [1.807, 2.05) is 42.6 Å². The third-order valence-corrected chi connectivity index (χ3v) is 5.80. The number of aliphatic carboxylic acids is 4. The topological polar surface area (TPSA) is 201 Å². The second-order valence-corrected chi connectivity index (χ2v) is 9.92. The summed E-state index contributed by atoms with van der Waals surface area (Å²) in [5, 5.41) is 36.0. The van der Waals surface area contributed by atoms with Gasteiger partial charge in [-0.15, -0.1) is 11.8 Å². The first kappa shape index (κ1) is 34.6. The van der Waals surface area contributed by atoms with Gasteiger partial charge in [-0.2, -0.15) is 0 Å². The van der Waals surface area contributed by atoms with Crippen LogP contribution in [0.2, 0.25) is 0 Å². The second kappa shape index (κ2) is 18.8. The van der Waals surface area contributed by atoms with Gasteiger partial charge in [-0.1, -0.05) is 0 Å². The molecule has 41 heavy (non-hydrogen) atoms. The molecule has 0 saturated carbocycles. The molecule has 0 unspecified atom stereocenters. The van der Waals surface area contributed by atoms with E-state index in [-0.39, 0.29) is 5.54 Å². The van der Waals surface area contributed by atoms with Gasteiger partial charge in [0, 0.05) is 66.6 Å². The highest BCUT2D eigenvalue weighted by Crippen LogP contribution is 2.21. The Morgan fingerprint density at radius 3 is 1.98 bits per heavy atom. The Kier molecular flexibility index (Phi) is 15.9. The number of carbonyl (C=O) groups is 4. The molecule has 3 rings (SSSR count). The van der Waals surface area contributed by atoms with E-state index in [1.54, 1.807) is 0 Å². The van der Waals surface area contributed by atoms with Gasteiger partial charge in [-0.25, -0.2) is 24.2 Å². The van der Waals surface area contributed by atoms with Crippen molar-refractivity contribution in [2.24, 2.45) is 4.99 Å². The summed E-state index contributed by atoms with van der Waals surface area (Å²) in [6.07, 6.45) is 8.96. The number of carboxylic acid groups (broad SMARTS) is 4. The van der Waals surface area contributed by atoms with Crippen molar-refractivity contribution in [2.75, 3.05) is 25.4 Å². The van der Waals surface area contributed by atoms with Crippen molar-refractivity contribution in [1.82, 2.24) is 14.9 Å². The Hall–Kier alpha value is -4.43. The van der Waals surface area contributed by atoms with Crippen molar-refractivity contribution < 1.29 is 44.3 Å². The lowest BCUT2D eigenvalue weighted by atomic mass is 10.1. The summed E-state index contributed by atoms with van der Waals surface area (Å²) in [6, 6.07) is 8.26. The van der Waals surface area contributed by atoms with Crippen LogP contribution in [0.25, 0.3) is 0 Å². The van der Waals surface area contributed by atoms with Crippen molar-refractivity contribution in [3.8, 4) is 5.75 Å². The average Bonchev–Trinajstić information content (AvgIpc) is 3.64. The first-order valence-corrected chi connectivity index (χ1v) is 13.3. The van der Waals surface area contributed by atoms with Crippen molar-refractivity contribution in [2.45, 2.75) is 32.4 Å². The molecule has 5 N–H and O–H groups in total. The minimum Gasteiger partial charge on any atom is -0.492 e. The van der Waals surface area contributed by atoms with E-state index in [1.165, 1.54) is 5.56 Å².